The highest BCUT2D eigenvalue weighted by Gasteiger charge is 2.43. The second-order valence-electron chi connectivity index (χ2n) is 8.02. The monoisotopic (exact) mass is 437 g/mol. The first-order valence-corrected chi connectivity index (χ1v) is 10.7. The first-order chi connectivity index (χ1) is 13.6. The number of hydrogen-bond donors (Lipinski definition) is 0. The van der Waals surface area contributed by atoms with Crippen LogP contribution in [-0.2, 0) is 0 Å². The second-order valence-corrected chi connectivity index (χ2v) is 8.94. The van der Waals surface area contributed by atoms with Gasteiger partial charge in [-0.3, -0.25) is 4.98 Å². The van der Waals surface area contributed by atoms with E-state index in [0.29, 0.717) is 11.8 Å². The summed E-state index contributed by atoms with van der Waals surface area (Å²) in [6.45, 7) is 6.33. The van der Waals surface area contributed by atoms with Crippen LogP contribution < -0.4 is 4.90 Å². The summed E-state index contributed by atoms with van der Waals surface area (Å²) in [5.74, 6) is 1.76. The Hall–Kier alpha value is -2.05. The molecular formula is C22H24BrN5. The molecule has 1 aromatic carbocycles. The molecule has 144 valence electrons. The lowest BCUT2D eigenvalue weighted by atomic mass is 10.1. The Morgan fingerprint density at radius 3 is 2.61 bits per heavy atom. The average molecular weight is 438 g/mol. The third-order valence-corrected chi connectivity index (χ3v) is 6.42. The predicted octanol–water partition coefficient (Wildman–Crippen LogP) is 4.12. The first-order valence-electron chi connectivity index (χ1n) is 9.92. The number of piperazine rings is 1. The van der Waals surface area contributed by atoms with Crippen molar-refractivity contribution in [3.8, 4) is 0 Å². The van der Waals surface area contributed by atoms with Crippen molar-refractivity contribution < 1.29 is 0 Å². The molecule has 5 nitrogen and oxygen atoms in total. The fourth-order valence-electron chi connectivity index (χ4n) is 4.16. The highest BCUT2D eigenvalue weighted by molar-refractivity contribution is 9.10. The Morgan fingerprint density at radius 2 is 1.82 bits per heavy atom. The number of halogens is 1. The van der Waals surface area contributed by atoms with Crippen LogP contribution in [0.5, 0.6) is 0 Å². The van der Waals surface area contributed by atoms with E-state index in [0.717, 1.165) is 54.1 Å². The van der Waals surface area contributed by atoms with E-state index in [2.05, 4.69) is 67.0 Å². The van der Waals surface area contributed by atoms with E-state index >= 15 is 0 Å². The minimum absolute atomic E-state index is 0.386. The zero-order valence-corrected chi connectivity index (χ0v) is 17.9. The van der Waals surface area contributed by atoms with E-state index in [1.807, 2.05) is 19.2 Å². The molecule has 1 aliphatic heterocycles. The molecule has 0 unspecified atom stereocenters. The molecule has 5 rings (SSSR count). The van der Waals surface area contributed by atoms with E-state index in [1.165, 1.54) is 16.8 Å². The van der Waals surface area contributed by atoms with Crippen molar-refractivity contribution in [2.45, 2.75) is 25.2 Å². The van der Waals surface area contributed by atoms with Crippen LogP contribution in [0.3, 0.4) is 0 Å². The smallest absolute Gasteiger partial charge is 0.132 e. The van der Waals surface area contributed by atoms with Crippen molar-refractivity contribution in [3.05, 3.63) is 58.2 Å². The van der Waals surface area contributed by atoms with Crippen molar-refractivity contribution in [2.75, 3.05) is 38.1 Å². The number of benzene rings is 1. The summed E-state index contributed by atoms with van der Waals surface area (Å²) in [6.07, 6.45) is 2.95. The number of likely N-dealkylation sites (N-methyl/N-ethyl adjacent to an activating group) is 1. The highest BCUT2D eigenvalue weighted by atomic mass is 79.9. The van der Waals surface area contributed by atoms with Gasteiger partial charge in [0.1, 0.15) is 5.82 Å². The van der Waals surface area contributed by atoms with Gasteiger partial charge in [-0.05, 0) is 50.7 Å². The second kappa shape index (κ2) is 7.08. The highest BCUT2D eigenvalue weighted by Crippen LogP contribution is 2.53. The topological polar surface area (TPSA) is 45.2 Å². The maximum Gasteiger partial charge on any atom is 0.132 e. The van der Waals surface area contributed by atoms with Gasteiger partial charge in [0.15, 0.2) is 0 Å². The zero-order valence-electron chi connectivity index (χ0n) is 16.3. The molecule has 0 bridgehead atoms. The fourth-order valence-corrected chi connectivity index (χ4v) is 4.51. The van der Waals surface area contributed by atoms with Crippen LogP contribution in [0, 0.1) is 6.92 Å². The van der Waals surface area contributed by atoms with Crippen LogP contribution in [-0.4, -0.2) is 53.1 Å². The normalized spacial score (nSPS) is 22.6. The van der Waals surface area contributed by atoms with Crippen molar-refractivity contribution in [1.29, 1.82) is 0 Å². The molecule has 0 radical (unpaired) electrons. The Labute approximate surface area is 173 Å². The Kier molecular flexibility index (Phi) is 4.56. The molecule has 2 fully saturated rings. The maximum atomic E-state index is 5.04. The molecule has 0 spiro atoms. The number of anilines is 1. The lowest BCUT2D eigenvalue weighted by molar-refractivity contribution is 0.313. The maximum absolute atomic E-state index is 5.04. The summed E-state index contributed by atoms with van der Waals surface area (Å²) < 4.78 is 1.07. The summed E-state index contributed by atoms with van der Waals surface area (Å²) in [5.41, 5.74) is 4.59. The Morgan fingerprint density at radius 1 is 1.00 bits per heavy atom. The van der Waals surface area contributed by atoms with Gasteiger partial charge in [-0.15, -0.1) is 0 Å². The van der Waals surface area contributed by atoms with Gasteiger partial charge in [0, 0.05) is 71.1 Å². The molecule has 3 aromatic rings. The quantitative estimate of drug-likeness (QED) is 0.616. The van der Waals surface area contributed by atoms with Gasteiger partial charge in [-0.1, -0.05) is 15.9 Å². The Bertz CT molecular complexity index is 1030. The van der Waals surface area contributed by atoms with Crippen LogP contribution in [0.2, 0.25) is 0 Å². The van der Waals surface area contributed by atoms with E-state index in [-0.39, 0.29) is 0 Å². The van der Waals surface area contributed by atoms with E-state index < -0.39 is 0 Å². The number of aromatic nitrogens is 3. The van der Waals surface area contributed by atoms with Gasteiger partial charge in [-0.25, -0.2) is 9.97 Å². The molecule has 0 amide bonds. The standard InChI is InChI=1S/C22H24BrN5/c1-14-5-6-24-22(25-14)18-12-17(18)20-13-21(28-9-7-27(2)8-10-28)16-4-3-15(23)11-19(16)26-20/h3-6,11,13,17-18H,7-10,12H2,1-2H3/t17-,18-/m0/s1. The summed E-state index contributed by atoms with van der Waals surface area (Å²) >= 11 is 3.61. The van der Waals surface area contributed by atoms with Crippen LogP contribution in [0.25, 0.3) is 10.9 Å². The number of fused-ring (bicyclic) bond motifs is 1. The van der Waals surface area contributed by atoms with Crippen LogP contribution in [0.4, 0.5) is 5.69 Å². The van der Waals surface area contributed by atoms with Gasteiger partial charge < -0.3 is 9.80 Å². The van der Waals surface area contributed by atoms with Gasteiger partial charge in [0.05, 0.1) is 5.52 Å². The molecule has 1 saturated carbocycles. The van der Waals surface area contributed by atoms with Crippen molar-refractivity contribution in [1.82, 2.24) is 19.9 Å². The van der Waals surface area contributed by atoms with Crippen LogP contribution >= 0.6 is 15.9 Å². The molecule has 2 atom stereocenters. The van der Waals surface area contributed by atoms with Crippen molar-refractivity contribution in [2.24, 2.45) is 0 Å². The number of hydrogen-bond acceptors (Lipinski definition) is 5. The third kappa shape index (κ3) is 3.40. The molecule has 2 aliphatic rings. The summed E-state index contributed by atoms with van der Waals surface area (Å²) in [6, 6.07) is 10.7. The number of rotatable bonds is 3. The van der Waals surface area contributed by atoms with Crippen molar-refractivity contribution >= 4 is 32.5 Å². The molecule has 1 aliphatic carbocycles. The first kappa shape index (κ1) is 18.0. The van der Waals surface area contributed by atoms with E-state index in [9.17, 15) is 0 Å². The molecular weight excluding hydrogens is 414 g/mol. The van der Waals surface area contributed by atoms with E-state index in [4.69, 9.17) is 4.98 Å². The minimum Gasteiger partial charge on any atom is -0.368 e. The number of pyridine rings is 1. The van der Waals surface area contributed by atoms with Gasteiger partial charge in [0.25, 0.3) is 0 Å². The molecule has 3 heterocycles. The number of aryl methyl sites for hydroxylation is 1. The zero-order chi connectivity index (χ0) is 19.3. The van der Waals surface area contributed by atoms with Crippen LogP contribution in [0.15, 0.2) is 41.0 Å². The number of nitrogens with zero attached hydrogens (tertiary/aromatic N) is 5. The largest absolute Gasteiger partial charge is 0.368 e. The average Bonchev–Trinajstić information content (AvgIpc) is 3.48. The minimum atomic E-state index is 0.386. The van der Waals surface area contributed by atoms with Gasteiger partial charge in [-0.2, -0.15) is 0 Å². The van der Waals surface area contributed by atoms with Gasteiger partial charge in [0.2, 0.25) is 0 Å². The molecule has 6 heteroatoms. The third-order valence-electron chi connectivity index (χ3n) is 5.93. The molecule has 1 saturated heterocycles. The van der Waals surface area contributed by atoms with Crippen LogP contribution in [0.1, 0.15) is 35.5 Å². The molecule has 2 aromatic heterocycles. The fraction of sp³-hybridized carbons (Fsp3) is 0.409. The lowest BCUT2D eigenvalue weighted by Crippen LogP contribution is -2.44. The SMILES string of the molecule is Cc1ccnc([C@H]2C[C@@H]2c2cc(N3CCN(C)CC3)c3ccc(Br)cc3n2)n1. The van der Waals surface area contributed by atoms with E-state index in [1.54, 1.807) is 0 Å². The molecule has 28 heavy (non-hydrogen) atoms. The Balaban J connectivity index is 1.53. The lowest BCUT2D eigenvalue weighted by Gasteiger charge is -2.35. The predicted molar refractivity (Wildman–Crippen MR) is 116 cm³/mol. The summed E-state index contributed by atoms with van der Waals surface area (Å²) in [5, 5.41) is 1.24. The summed E-state index contributed by atoms with van der Waals surface area (Å²) in [4.78, 5) is 19.1. The van der Waals surface area contributed by atoms with Crippen molar-refractivity contribution in [3.63, 3.8) is 0 Å². The summed E-state index contributed by atoms with van der Waals surface area (Å²) in [7, 11) is 2.20. The van der Waals surface area contributed by atoms with Gasteiger partial charge >= 0.3 is 0 Å². The molecule has 0 N–H and O–H groups in total.